The van der Waals surface area contributed by atoms with Gasteiger partial charge in [-0.15, -0.1) is 0 Å². The molecule has 2 rings (SSSR count). The number of methoxy groups -OCH3 is 1. The molecule has 0 saturated heterocycles. The number of nitrogens with two attached hydrogens (primary N) is 1. The van der Waals surface area contributed by atoms with Crippen molar-refractivity contribution in [2.45, 2.75) is 26.7 Å². The Kier molecular flexibility index (Phi) is 8.62. The highest BCUT2D eigenvalue weighted by atomic mass is 16.5. The van der Waals surface area contributed by atoms with Gasteiger partial charge >= 0.3 is 0 Å². The van der Waals surface area contributed by atoms with E-state index in [9.17, 15) is 4.79 Å². The second kappa shape index (κ2) is 11.2. The van der Waals surface area contributed by atoms with Crippen LogP contribution in [0.5, 0.6) is 17.2 Å². The second-order valence-electron chi connectivity index (χ2n) is 6.60. The zero-order valence-corrected chi connectivity index (χ0v) is 16.9. The van der Waals surface area contributed by atoms with E-state index in [1.165, 1.54) is 11.1 Å². The SMILES string of the molecule is COc1cc(CC(=O)NCCCOc2ccc(C)c(C)c2)ccc1OCCN. The van der Waals surface area contributed by atoms with E-state index in [-0.39, 0.29) is 12.3 Å². The quantitative estimate of drug-likeness (QED) is 0.580. The number of benzene rings is 2. The molecule has 0 spiro atoms. The van der Waals surface area contributed by atoms with Gasteiger partial charge in [-0.25, -0.2) is 0 Å². The number of hydrogen-bond donors (Lipinski definition) is 2. The van der Waals surface area contributed by atoms with Crippen molar-refractivity contribution in [2.75, 3.05) is 33.4 Å². The summed E-state index contributed by atoms with van der Waals surface area (Å²) in [6, 6.07) is 11.5. The average molecular weight is 386 g/mol. The molecule has 0 aliphatic rings. The molecule has 0 saturated carbocycles. The number of aryl methyl sites for hydroxylation is 2. The molecular formula is C22H30N2O4. The summed E-state index contributed by atoms with van der Waals surface area (Å²) in [5.41, 5.74) is 8.77. The Hall–Kier alpha value is -2.73. The van der Waals surface area contributed by atoms with Gasteiger partial charge in [0.05, 0.1) is 20.1 Å². The summed E-state index contributed by atoms with van der Waals surface area (Å²) in [6.07, 6.45) is 1.03. The predicted molar refractivity (Wildman–Crippen MR) is 110 cm³/mol. The summed E-state index contributed by atoms with van der Waals surface area (Å²) in [6.45, 7) is 6.11. The fourth-order valence-electron chi connectivity index (χ4n) is 2.65. The molecule has 0 fully saturated rings. The molecule has 0 aliphatic carbocycles. The molecule has 6 nitrogen and oxygen atoms in total. The van der Waals surface area contributed by atoms with Crippen LogP contribution in [-0.4, -0.2) is 39.3 Å². The summed E-state index contributed by atoms with van der Waals surface area (Å²) in [5, 5.41) is 2.92. The van der Waals surface area contributed by atoms with E-state index in [2.05, 4.69) is 19.2 Å². The maximum absolute atomic E-state index is 12.1. The number of carbonyl (C=O) groups is 1. The van der Waals surface area contributed by atoms with Crippen LogP contribution in [0.15, 0.2) is 36.4 Å². The smallest absolute Gasteiger partial charge is 0.224 e. The molecule has 2 aromatic carbocycles. The summed E-state index contributed by atoms with van der Waals surface area (Å²) < 4.78 is 16.6. The third kappa shape index (κ3) is 6.78. The molecule has 2 aromatic rings. The van der Waals surface area contributed by atoms with Crippen LogP contribution in [0.2, 0.25) is 0 Å². The predicted octanol–water partition coefficient (Wildman–Crippen LogP) is 2.78. The Morgan fingerprint density at radius 1 is 1.00 bits per heavy atom. The number of amides is 1. The van der Waals surface area contributed by atoms with Gasteiger partial charge in [-0.1, -0.05) is 12.1 Å². The standard InChI is InChI=1S/C22H30N2O4/c1-16-5-7-19(13-17(16)2)27-11-4-10-24-22(25)15-18-6-8-20(28-12-9-23)21(14-18)26-3/h5-8,13-14H,4,9-12,15,23H2,1-3H3,(H,24,25). The van der Waals surface area contributed by atoms with Crippen LogP contribution >= 0.6 is 0 Å². The van der Waals surface area contributed by atoms with Crippen LogP contribution in [0.3, 0.4) is 0 Å². The molecule has 0 radical (unpaired) electrons. The first-order chi connectivity index (χ1) is 13.5. The normalized spacial score (nSPS) is 10.4. The van der Waals surface area contributed by atoms with Gasteiger partial charge in [0.2, 0.25) is 5.91 Å². The molecule has 1 amide bonds. The molecule has 0 heterocycles. The number of rotatable bonds is 11. The van der Waals surface area contributed by atoms with E-state index in [4.69, 9.17) is 19.9 Å². The maximum atomic E-state index is 12.1. The first-order valence-electron chi connectivity index (χ1n) is 9.50. The van der Waals surface area contributed by atoms with E-state index in [0.29, 0.717) is 37.8 Å². The first-order valence-corrected chi connectivity index (χ1v) is 9.50. The fraction of sp³-hybridized carbons (Fsp3) is 0.409. The molecule has 3 N–H and O–H groups in total. The Labute approximate surface area is 167 Å². The highest BCUT2D eigenvalue weighted by molar-refractivity contribution is 5.78. The minimum atomic E-state index is -0.0381. The Morgan fingerprint density at radius 3 is 2.54 bits per heavy atom. The molecule has 6 heteroatoms. The van der Waals surface area contributed by atoms with Crippen molar-refractivity contribution in [3.63, 3.8) is 0 Å². The van der Waals surface area contributed by atoms with Crippen LogP contribution in [-0.2, 0) is 11.2 Å². The second-order valence-corrected chi connectivity index (χ2v) is 6.60. The molecule has 28 heavy (non-hydrogen) atoms. The van der Waals surface area contributed by atoms with Gasteiger partial charge in [-0.05, 0) is 61.2 Å². The molecule has 0 atom stereocenters. The van der Waals surface area contributed by atoms with Crippen molar-refractivity contribution in [1.29, 1.82) is 0 Å². The van der Waals surface area contributed by atoms with Crippen molar-refractivity contribution >= 4 is 5.91 Å². The fourth-order valence-corrected chi connectivity index (χ4v) is 2.65. The molecule has 152 valence electrons. The topological polar surface area (TPSA) is 82.8 Å². The van der Waals surface area contributed by atoms with Gasteiger partial charge in [-0.3, -0.25) is 4.79 Å². The van der Waals surface area contributed by atoms with Crippen molar-refractivity contribution in [3.05, 3.63) is 53.1 Å². The van der Waals surface area contributed by atoms with Crippen molar-refractivity contribution in [3.8, 4) is 17.2 Å². The van der Waals surface area contributed by atoms with E-state index >= 15 is 0 Å². The Balaban J connectivity index is 1.72. The van der Waals surface area contributed by atoms with Crippen LogP contribution in [0.25, 0.3) is 0 Å². The van der Waals surface area contributed by atoms with Gasteiger partial charge in [0.1, 0.15) is 12.4 Å². The summed E-state index contributed by atoms with van der Waals surface area (Å²) >= 11 is 0. The monoisotopic (exact) mass is 386 g/mol. The van der Waals surface area contributed by atoms with E-state index < -0.39 is 0 Å². The third-order valence-electron chi connectivity index (χ3n) is 4.36. The van der Waals surface area contributed by atoms with Gasteiger partial charge < -0.3 is 25.3 Å². The molecule has 0 bridgehead atoms. The van der Waals surface area contributed by atoms with E-state index in [0.717, 1.165) is 17.7 Å². The van der Waals surface area contributed by atoms with Gasteiger partial charge in [0.25, 0.3) is 0 Å². The maximum Gasteiger partial charge on any atom is 0.224 e. The van der Waals surface area contributed by atoms with Gasteiger partial charge in [0, 0.05) is 13.1 Å². The summed E-state index contributed by atoms with van der Waals surface area (Å²) in [7, 11) is 1.57. The zero-order chi connectivity index (χ0) is 20.4. The summed E-state index contributed by atoms with van der Waals surface area (Å²) in [5.74, 6) is 2.04. The number of nitrogens with one attached hydrogen (secondary N) is 1. The third-order valence-corrected chi connectivity index (χ3v) is 4.36. The highest BCUT2D eigenvalue weighted by Crippen LogP contribution is 2.28. The van der Waals surface area contributed by atoms with Crippen LogP contribution in [0, 0.1) is 13.8 Å². The first kappa shape index (κ1) is 21.6. The lowest BCUT2D eigenvalue weighted by Crippen LogP contribution is -2.27. The van der Waals surface area contributed by atoms with Crippen molar-refractivity contribution in [1.82, 2.24) is 5.32 Å². The lowest BCUT2D eigenvalue weighted by atomic mass is 10.1. The van der Waals surface area contributed by atoms with E-state index in [1.807, 2.05) is 30.3 Å². The number of ether oxygens (including phenoxy) is 3. The molecule has 0 unspecified atom stereocenters. The lowest BCUT2D eigenvalue weighted by molar-refractivity contribution is -0.120. The summed E-state index contributed by atoms with van der Waals surface area (Å²) in [4.78, 5) is 12.1. The lowest BCUT2D eigenvalue weighted by Gasteiger charge is -2.12. The van der Waals surface area contributed by atoms with Crippen molar-refractivity contribution < 1.29 is 19.0 Å². The van der Waals surface area contributed by atoms with Crippen molar-refractivity contribution in [2.24, 2.45) is 5.73 Å². The Morgan fingerprint density at radius 2 is 1.82 bits per heavy atom. The van der Waals surface area contributed by atoms with Crippen LogP contribution in [0.4, 0.5) is 0 Å². The van der Waals surface area contributed by atoms with Crippen LogP contribution < -0.4 is 25.3 Å². The highest BCUT2D eigenvalue weighted by Gasteiger charge is 2.09. The largest absolute Gasteiger partial charge is 0.494 e. The van der Waals surface area contributed by atoms with Gasteiger partial charge in [-0.2, -0.15) is 0 Å². The molecule has 0 aromatic heterocycles. The number of hydrogen-bond acceptors (Lipinski definition) is 5. The average Bonchev–Trinajstić information content (AvgIpc) is 2.69. The Bertz CT molecular complexity index is 777. The minimum absolute atomic E-state index is 0.0381. The van der Waals surface area contributed by atoms with E-state index in [1.54, 1.807) is 13.2 Å². The molecular weight excluding hydrogens is 356 g/mol. The van der Waals surface area contributed by atoms with Gasteiger partial charge in [0.15, 0.2) is 11.5 Å². The number of carbonyl (C=O) groups excluding carboxylic acids is 1. The zero-order valence-electron chi connectivity index (χ0n) is 16.9. The van der Waals surface area contributed by atoms with Crippen LogP contribution in [0.1, 0.15) is 23.1 Å². The minimum Gasteiger partial charge on any atom is -0.494 e. The molecule has 0 aliphatic heterocycles.